The number of carbonyl (C=O) groups is 1. The van der Waals surface area contributed by atoms with Crippen molar-refractivity contribution in [3.05, 3.63) is 29.8 Å². The SMILES string of the molecule is CC(C)(C)c1ccc(NC(=O)C2(C#N)CCCCC2)cc1. The van der Waals surface area contributed by atoms with Gasteiger partial charge in [0.2, 0.25) is 5.91 Å². The van der Waals surface area contributed by atoms with E-state index in [1.807, 2.05) is 24.3 Å². The highest BCUT2D eigenvalue weighted by molar-refractivity contribution is 5.97. The zero-order valence-corrected chi connectivity index (χ0v) is 13.2. The van der Waals surface area contributed by atoms with E-state index in [1.54, 1.807) is 0 Å². The van der Waals surface area contributed by atoms with Gasteiger partial charge >= 0.3 is 0 Å². The Bertz CT molecular complexity index is 540. The van der Waals surface area contributed by atoms with Crippen molar-refractivity contribution in [1.82, 2.24) is 0 Å². The first-order valence-corrected chi connectivity index (χ1v) is 7.71. The van der Waals surface area contributed by atoms with Crippen molar-refractivity contribution >= 4 is 11.6 Å². The molecule has 1 fully saturated rings. The average molecular weight is 284 g/mol. The molecule has 0 unspecified atom stereocenters. The Hall–Kier alpha value is -1.82. The Morgan fingerprint density at radius 1 is 1.14 bits per heavy atom. The smallest absolute Gasteiger partial charge is 0.244 e. The third kappa shape index (κ3) is 3.44. The van der Waals surface area contributed by atoms with Crippen LogP contribution in [-0.2, 0) is 10.2 Å². The van der Waals surface area contributed by atoms with Crippen molar-refractivity contribution < 1.29 is 4.79 Å². The monoisotopic (exact) mass is 284 g/mol. The average Bonchev–Trinajstić information content (AvgIpc) is 2.47. The summed E-state index contributed by atoms with van der Waals surface area (Å²) in [5, 5.41) is 12.4. The summed E-state index contributed by atoms with van der Waals surface area (Å²) in [5.41, 5.74) is 1.27. The first-order chi connectivity index (χ1) is 9.87. The van der Waals surface area contributed by atoms with E-state index in [2.05, 4.69) is 32.2 Å². The molecule has 1 N–H and O–H groups in total. The molecule has 0 aliphatic heterocycles. The van der Waals surface area contributed by atoms with Gasteiger partial charge in [0.1, 0.15) is 5.41 Å². The van der Waals surface area contributed by atoms with Gasteiger partial charge in [-0.3, -0.25) is 4.79 Å². The van der Waals surface area contributed by atoms with E-state index in [1.165, 1.54) is 5.56 Å². The summed E-state index contributed by atoms with van der Waals surface area (Å²) in [6, 6.07) is 10.2. The van der Waals surface area contributed by atoms with Crippen LogP contribution in [-0.4, -0.2) is 5.91 Å². The Balaban J connectivity index is 2.11. The Labute approximate surface area is 127 Å². The number of rotatable bonds is 2. The number of hydrogen-bond acceptors (Lipinski definition) is 2. The predicted molar refractivity (Wildman–Crippen MR) is 84.9 cm³/mol. The van der Waals surface area contributed by atoms with E-state index in [-0.39, 0.29) is 11.3 Å². The van der Waals surface area contributed by atoms with Crippen LogP contribution in [0.5, 0.6) is 0 Å². The molecular formula is C18H24N2O. The molecule has 0 saturated heterocycles. The summed E-state index contributed by atoms with van der Waals surface area (Å²) < 4.78 is 0. The van der Waals surface area contributed by atoms with E-state index in [0.717, 1.165) is 24.9 Å². The maximum Gasteiger partial charge on any atom is 0.244 e. The van der Waals surface area contributed by atoms with E-state index >= 15 is 0 Å². The Morgan fingerprint density at radius 3 is 2.19 bits per heavy atom. The summed E-state index contributed by atoms with van der Waals surface area (Å²) in [5.74, 6) is -0.145. The molecule has 1 aliphatic carbocycles. The zero-order chi connectivity index (χ0) is 15.5. The van der Waals surface area contributed by atoms with E-state index in [4.69, 9.17) is 0 Å². The van der Waals surface area contributed by atoms with E-state index in [0.29, 0.717) is 12.8 Å². The van der Waals surface area contributed by atoms with Crippen LogP contribution < -0.4 is 5.32 Å². The van der Waals surface area contributed by atoms with E-state index < -0.39 is 5.41 Å². The number of carbonyl (C=O) groups excluding carboxylic acids is 1. The molecule has 1 amide bonds. The van der Waals surface area contributed by atoms with Crippen LogP contribution in [0.25, 0.3) is 0 Å². The van der Waals surface area contributed by atoms with Gasteiger partial charge in [0, 0.05) is 5.69 Å². The molecular weight excluding hydrogens is 260 g/mol. The topological polar surface area (TPSA) is 52.9 Å². The van der Waals surface area contributed by atoms with Gasteiger partial charge in [-0.25, -0.2) is 0 Å². The maximum atomic E-state index is 12.5. The molecule has 3 nitrogen and oxygen atoms in total. The maximum absolute atomic E-state index is 12.5. The second-order valence-corrected chi connectivity index (χ2v) is 7.04. The molecule has 0 heterocycles. The third-order valence-electron chi connectivity index (χ3n) is 4.36. The quantitative estimate of drug-likeness (QED) is 0.875. The minimum absolute atomic E-state index is 0.0970. The molecule has 2 rings (SSSR count). The minimum Gasteiger partial charge on any atom is -0.325 e. The number of anilines is 1. The number of nitriles is 1. The Morgan fingerprint density at radius 2 is 1.71 bits per heavy atom. The summed E-state index contributed by atoms with van der Waals surface area (Å²) in [6.07, 6.45) is 4.40. The van der Waals surface area contributed by atoms with Gasteiger partial charge < -0.3 is 5.32 Å². The second-order valence-electron chi connectivity index (χ2n) is 7.04. The minimum atomic E-state index is -0.832. The standard InChI is InChI=1S/C18H24N2O/c1-17(2,3)14-7-9-15(10-8-14)20-16(21)18(13-19)11-5-4-6-12-18/h7-10H,4-6,11-12H2,1-3H3,(H,20,21). The molecule has 21 heavy (non-hydrogen) atoms. The van der Waals surface area contributed by atoms with Crippen LogP contribution in [0.1, 0.15) is 58.4 Å². The molecule has 0 spiro atoms. The lowest BCUT2D eigenvalue weighted by molar-refractivity contribution is -0.124. The summed E-state index contributed by atoms with van der Waals surface area (Å²) >= 11 is 0. The fraction of sp³-hybridized carbons (Fsp3) is 0.556. The highest BCUT2D eigenvalue weighted by atomic mass is 16.2. The molecule has 1 aliphatic rings. The molecule has 1 aromatic rings. The molecule has 112 valence electrons. The Kier molecular flexibility index (Phi) is 4.37. The van der Waals surface area contributed by atoms with Gasteiger partial charge in [-0.1, -0.05) is 52.2 Å². The van der Waals surface area contributed by atoms with Crippen molar-refractivity contribution in [2.24, 2.45) is 5.41 Å². The van der Waals surface area contributed by atoms with E-state index in [9.17, 15) is 10.1 Å². The van der Waals surface area contributed by atoms with Crippen molar-refractivity contribution in [3.8, 4) is 6.07 Å². The highest BCUT2D eigenvalue weighted by Crippen LogP contribution is 2.36. The molecule has 0 aromatic heterocycles. The fourth-order valence-corrected chi connectivity index (χ4v) is 2.85. The number of nitrogens with zero attached hydrogens (tertiary/aromatic N) is 1. The van der Waals surface area contributed by atoms with Gasteiger partial charge in [0.05, 0.1) is 6.07 Å². The lowest BCUT2D eigenvalue weighted by Gasteiger charge is -2.29. The van der Waals surface area contributed by atoms with Gasteiger partial charge in [-0.15, -0.1) is 0 Å². The molecule has 1 saturated carbocycles. The largest absolute Gasteiger partial charge is 0.325 e. The summed E-state index contributed by atoms with van der Waals surface area (Å²) in [7, 11) is 0. The van der Waals surface area contributed by atoms with Gasteiger partial charge in [-0.05, 0) is 36.0 Å². The number of nitrogens with one attached hydrogen (secondary N) is 1. The van der Waals surface area contributed by atoms with Gasteiger partial charge in [0.15, 0.2) is 0 Å². The first-order valence-electron chi connectivity index (χ1n) is 7.71. The fourth-order valence-electron chi connectivity index (χ4n) is 2.85. The normalized spacial score (nSPS) is 17.8. The molecule has 0 atom stereocenters. The molecule has 1 aromatic carbocycles. The van der Waals surface area contributed by atoms with Crippen molar-refractivity contribution in [3.63, 3.8) is 0 Å². The predicted octanol–water partition coefficient (Wildman–Crippen LogP) is 4.40. The van der Waals surface area contributed by atoms with Crippen LogP contribution in [0, 0.1) is 16.7 Å². The summed E-state index contributed by atoms with van der Waals surface area (Å²) in [6.45, 7) is 6.48. The molecule has 0 radical (unpaired) electrons. The number of benzene rings is 1. The van der Waals surface area contributed by atoms with Crippen LogP contribution in [0.3, 0.4) is 0 Å². The van der Waals surface area contributed by atoms with Crippen LogP contribution in [0.15, 0.2) is 24.3 Å². The number of amides is 1. The van der Waals surface area contributed by atoms with Crippen molar-refractivity contribution in [1.29, 1.82) is 5.26 Å². The first kappa shape index (κ1) is 15.6. The lowest BCUT2D eigenvalue weighted by Crippen LogP contribution is -2.36. The highest BCUT2D eigenvalue weighted by Gasteiger charge is 2.39. The zero-order valence-electron chi connectivity index (χ0n) is 13.2. The van der Waals surface area contributed by atoms with Gasteiger partial charge in [-0.2, -0.15) is 5.26 Å². The van der Waals surface area contributed by atoms with Crippen LogP contribution in [0.4, 0.5) is 5.69 Å². The molecule has 3 heteroatoms. The van der Waals surface area contributed by atoms with Crippen molar-refractivity contribution in [2.45, 2.75) is 58.3 Å². The second kappa shape index (κ2) is 5.89. The van der Waals surface area contributed by atoms with Gasteiger partial charge in [0.25, 0.3) is 0 Å². The lowest BCUT2D eigenvalue weighted by atomic mass is 9.74. The number of hydrogen-bond donors (Lipinski definition) is 1. The molecule has 0 bridgehead atoms. The third-order valence-corrected chi connectivity index (χ3v) is 4.36. The van der Waals surface area contributed by atoms with Crippen LogP contribution in [0.2, 0.25) is 0 Å². The van der Waals surface area contributed by atoms with Crippen molar-refractivity contribution in [2.75, 3.05) is 5.32 Å². The van der Waals surface area contributed by atoms with Crippen LogP contribution >= 0.6 is 0 Å². The summed E-state index contributed by atoms with van der Waals surface area (Å²) in [4.78, 5) is 12.5.